The van der Waals surface area contributed by atoms with Crippen LogP contribution in [0.25, 0.3) is 0 Å². The molecule has 3 aliphatic carbocycles. The normalized spacial score (nSPS) is 52.4. The molecule has 0 unspecified atom stereocenters. The maximum Gasteiger partial charge on any atom is 0.334 e. The molecular weight excluding hydrogens is 584 g/mol. The van der Waals surface area contributed by atoms with Crippen LogP contribution in [-0.2, 0) is 47.5 Å². The van der Waals surface area contributed by atoms with E-state index in [9.17, 15) is 34.8 Å². The van der Waals surface area contributed by atoms with Crippen molar-refractivity contribution in [2.75, 3.05) is 13.2 Å². The van der Waals surface area contributed by atoms with Gasteiger partial charge in [0.2, 0.25) is 6.29 Å². The number of aliphatic hydroxyl groups excluding tert-OH is 4. The van der Waals surface area contributed by atoms with Gasteiger partial charge in [0.1, 0.15) is 54.4 Å². The number of epoxide rings is 3. The minimum atomic E-state index is -1.75. The fourth-order valence-corrected chi connectivity index (χ4v) is 9.59. The summed E-state index contributed by atoms with van der Waals surface area (Å²) < 4.78 is 41.6. The summed E-state index contributed by atoms with van der Waals surface area (Å²) in [4.78, 5) is 38.4. The van der Waals surface area contributed by atoms with Crippen LogP contribution in [0, 0.1) is 17.3 Å². The van der Waals surface area contributed by atoms with E-state index < -0.39 is 84.0 Å². The van der Waals surface area contributed by atoms with Crippen LogP contribution in [0.2, 0.25) is 0 Å². The standard InChI is InChI=1S/C30H38O14/c1-11(2)28-22(43-28)23-30(44-23)27(3)7-6-12-13(10-38-24(12)37)14(27)8-16-29(30,42-16)26(28)41-18(33)5-4-17(32)40-25-21(36)20(35)19(34)15(9-31)39-25/h11,14-16,19-23,25-26,31,34-36H,4-10H2,1-3H3/t14-,15+,16-,19+,20-,21+,22-,23-,25+,26+,27-,28-,29+,30+/m0/s1. The van der Waals surface area contributed by atoms with Crippen molar-refractivity contribution in [2.45, 2.75) is 125 Å². The molecule has 0 bridgehead atoms. The third kappa shape index (κ3) is 3.40. The molecule has 5 aliphatic heterocycles. The Hall–Kier alpha value is -2.17. The number of rotatable bonds is 7. The van der Waals surface area contributed by atoms with Crippen molar-refractivity contribution >= 4 is 17.9 Å². The van der Waals surface area contributed by atoms with Crippen LogP contribution in [-0.4, -0.2) is 123 Å². The van der Waals surface area contributed by atoms with Crippen molar-refractivity contribution in [1.82, 2.24) is 0 Å². The predicted octanol–water partition coefficient (Wildman–Crippen LogP) is -1.22. The molecule has 0 aromatic carbocycles. The predicted molar refractivity (Wildman–Crippen MR) is 140 cm³/mol. The monoisotopic (exact) mass is 622 g/mol. The number of aliphatic hydroxyl groups is 4. The van der Waals surface area contributed by atoms with E-state index in [1.54, 1.807) is 0 Å². The molecular formula is C30H38O14. The second-order valence-corrected chi connectivity index (χ2v) is 14.1. The van der Waals surface area contributed by atoms with Gasteiger partial charge in [-0.05, 0) is 36.7 Å². The van der Waals surface area contributed by atoms with E-state index in [-0.39, 0.29) is 49.1 Å². The Bertz CT molecular complexity index is 1340. The molecule has 4 N–H and O–H groups in total. The minimum absolute atomic E-state index is 0.0298. The summed E-state index contributed by atoms with van der Waals surface area (Å²) in [7, 11) is 0. The molecule has 2 spiro atoms. The molecule has 8 rings (SSSR count). The highest BCUT2D eigenvalue weighted by molar-refractivity contribution is 5.92. The second kappa shape index (κ2) is 9.22. The van der Waals surface area contributed by atoms with Gasteiger partial charge >= 0.3 is 17.9 Å². The van der Waals surface area contributed by atoms with Gasteiger partial charge in [0.15, 0.2) is 11.7 Å². The van der Waals surface area contributed by atoms with Crippen LogP contribution in [0.15, 0.2) is 11.1 Å². The van der Waals surface area contributed by atoms with Crippen molar-refractivity contribution < 1.29 is 68.0 Å². The first-order valence-corrected chi connectivity index (χ1v) is 15.5. The number of cyclic esters (lactones) is 1. The molecule has 5 heterocycles. The van der Waals surface area contributed by atoms with Gasteiger partial charge in [-0.15, -0.1) is 0 Å². The lowest BCUT2D eigenvalue weighted by atomic mass is 9.46. The number of hydrogen-bond donors (Lipinski definition) is 4. The van der Waals surface area contributed by atoms with Crippen LogP contribution in [0.1, 0.15) is 52.9 Å². The zero-order chi connectivity index (χ0) is 31.1. The van der Waals surface area contributed by atoms with Crippen molar-refractivity contribution in [1.29, 1.82) is 0 Å². The lowest BCUT2D eigenvalue weighted by Gasteiger charge is -2.53. The molecule has 14 heteroatoms. The zero-order valence-electron chi connectivity index (χ0n) is 24.7. The Labute approximate surface area is 252 Å². The molecule has 4 saturated heterocycles. The quantitative estimate of drug-likeness (QED) is 0.149. The minimum Gasteiger partial charge on any atom is -0.458 e. The van der Waals surface area contributed by atoms with E-state index in [2.05, 4.69) is 6.92 Å². The van der Waals surface area contributed by atoms with Gasteiger partial charge in [-0.1, -0.05) is 20.8 Å². The van der Waals surface area contributed by atoms with Gasteiger partial charge in [0.25, 0.3) is 0 Å². The van der Waals surface area contributed by atoms with Crippen LogP contribution in [0.5, 0.6) is 0 Å². The van der Waals surface area contributed by atoms with E-state index in [0.717, 1.165) is 11.1 Å². The molecule has 8 aliphatic rings. The molecule has 14 atom stereocenters. The first kappa shape index (κ1) is 29.2. The van der Waals surface area contributed by atoms with E-state index in [0.29, 0.717) is 19.3 Å². The Kier molecular flexibility index (Phi) is 6.13. The Morgan fingerprint density at radius 3 is 2.43 bits per heavy atom. The molecule has 14 nitrogen and oxygen atoms in total. The summed E-state index contributed by atoms with van der Waals surface area (Å²) in [5, 5.41) is 39.4. The highest BCUT2D eigenvalue weighted by atomic mass is 16.8. The lowest BCUT2D eigenvalue weighted by Crippen LogP contribution is -2.70. The van der Waals surface area contributed by atoms with Gasteiger partial charge in [0, 0.05) is 11.0 Å². The zero-order valence-corrected chi connectivity index (χ0v) is 24.7. The Morgan fingerprint density at radius 1 is 1.00 bits per heavy atom. The SMILES string of the molecule is CC(C)[C@]12O[C@H]1[C@@H]1O[C@]13[C@]1(O[C@H]1C[C@H]1C4=C(CC[C@@]13C)C(=O)OC4)[C@@H]2OC(=O)CCC(=O)O[C@H]1O[C@H](CO)[C@@H](O)[C@H](O)[C@H]1O. The summed E-state index contributed by atoms with van der Waals surface area (Å²) in [6.45, 7) is 5.81. The highest BCUT2D eigenvalue weighted by Crippen LogP contribution is 2.83. The molecule has 0 aromatic heterocycles. The van der Waals surface area contributed by atoms with Crippen LogP contribution >= 0.6 is 0 Å². The number of carbonyl (C=O) groups is 3. The molecule has 242 valence electrons. The summed E-state index contributed by atoms with van der Waals surface area (Å²) >= 11 is 0. The van der Waals surface area contributed by atoms with Gasteiger partial charge in [-0.3, -0.25) is 9.59 Å². The average molecular weight is 623 g/mol. The molecule has 0 radical (unpaired) electrons. The summed E-state index contributed by atoms with van der Waals surface area (Å²) in [5.74, 6) is -1.81. The number of carbonyl (C=O) groups excluding carboxylic acids is 3. The molecule has 2 saturated carbocycles. The maximum absolute atomic E-state index is 13.4. The van der Waals surface area contributed by atoms with Gasteiger partial charge < -0.3 is 53.6 Å². The van der Waals surface area contributed by atoms with Crippen molar-refractivity contribution in [3.05, 3.63) is 11.1 Å². The number of fused-ring (bicyclic) bond motifs is 4. The number of ether oxygens (including phenoxy) is 7. The largest absolute Gasteiger partial charge is 0.458 e. The van der Waals surface area contributed by atoms with E-state index in [1.165, 1.54) is 0 Å². The first-order valence-electron chi connectivity index (χ1n) is 15.5. The van der Waals surface area contributed by atoms with Crippen LogP contribution in [0.4, 0.5) is 0 Å². The van der Waals surface area contributed by atoms with Crippen LogP contribution < -0.4 is 0 Å². The Morgan fingerprint density at radius 2 is 1.73 bits per heavy atom. The topological polar surface area (TPSA) is 207 Å². The van der Waals surface area contributed by atoms with Crippen molar-refractivity contribution in [3.63, 3.8) is 0 Å². The van der Waals surface area contributed by atoms with Gasteiger partial charge in [-0.2, -0.15) is 0 Å². The van der Waals surface area contributed by atoms with Crippen LogP contribution in [0.3, 0.4) is 0 Å². The summed E-state index contributed by atoms with van der Waals surface area (Å²) in [6.07, 6.45) is -8.33. The lowest BCUT2D eigenvalue weighted by molar-refractivity contribution is -0.292. The molecule has 44 heavy (non-hydrogen) atoms. The Balaban J connectivity index is 1.00. The highest BCUT2D eigenvalue weighted by Gasteiger charge is 3.01. The van der Waals surface area contributed by atoms with Crippen molar-refractivity contribution in [2.24, 2.45) is 17.3 Å². The third-order valence-electron chi connectivity index (χ3n) is 11.9. The number of esters is 3. The molecule has 0 aromatic rings. The van der Waals surface area contributed by atoms with Gasteiger partial charge in [0.05, 0.1) is 25.6 Å². The average Bonchev–Trinajstić information content (AvgIpc) is 3.90. The summed E-state index contributed by atoms with van der Waals surface area (Å²) in [6, 6.07) is 0. The van der Waals surface area contributed by atoms with Crippen molar-refractivity contribution in [3.8, 4) is 0 Å². The van der Waals surface area contributed by atoms with E-state index in [1.807, 2.05) is 13.8 Å². The fourth-order valence-electron chi connectivity index (χ4n) is 9.59. The van der Waals surface area contributed by atoms with Gasteiger partial charge in [-0.25, -0.2) is 4.79 Å². The van der Waals surface area contributed by atoms with E-state index >= 15 is 0 Å². The molecule has 6 fully saturated rings. The van der Waals surface area contributed by atoms with E-state index in [4.69, 9.17) is 33.2 Å². The maximum atomic E-state index is 13.4. The number of hydrogen-bond acceptors (Lipinski definition) is 14. The smallest absolute Gasteiger partial charge is 0.334 e. The first-order chi connectivity index (χ1) is 20.9. The fraction of sp³-hybridized carbons (Fsp3) is 0.833. The molecule has 0 amide bonds. The third-order valence-corrected chi connectivity index (χ3v) is 11.9. The summed E-state index contributed by atoms with van der Waals surface area (Å²) in [5.41, 5.74) is -1.09. The second-order valence-electron chi connectivity index (χ2n) is 14.1.